The number of benzene rings is 1. The van der Waals surface area contributed by atoms with E-state index in [0.717, 1.165) is 54.6 Å². The molecule has 7 heteroatoms. The molecule has 0 amide bonds. The molecule has 1 heterocycles. The number of nitrogen functional groups attached to an aromatic ring is 1. The Bertz CT molecular complexity index is 758. The number of hydrogen-bond acceptors (Lipinski definition) is 4. The van der Waals surface area contributed by atoms with Crippen molar-refractivity contribution in [3.8, 4) is 0 Å². The average Bonchev–Trinajstić information content (AvgIpc) is 2.64. The van der Waals surface area contributed by atoms with Crippen LogP contribution in [0.4, 0.5) is 24.9 Å². The first-order valence-electron chi connectivity index (χ1n) is 9.29. The molecule has 1 fully saturated rings. The van der Waals surface area contributed by atoms with Gasteiger partial charge in [-0.2, -0.15) is 18.2 Å². The molecular weight excluding hydrogens is 353 g/mol. The van der Waals surface area contributed by atoms with Crippen molar-refractivity contribution in [2.24, 2.45) is 0 Å². The van der Waals surface area contributed by atoms with Crippen LogP contribution in [0.15, 0.2) is 24.3 Å². The second-order valence-corrected chi connectivity index (χ2v) is 7.23. The van der Waals surface area contributed by atoms with Gasteiger partial charge in [-0.25, -0.2) is 4.98 Å². The van der Waals surface area contributed by atoms with Crippen LogP contribution in [0.3, 0.4) is 0 Å². The number of aryl methyl sites for hydroxylation is 1. The summed E-state index contributed by atoms with van der Waals surface area (Å²) in [5, 5.41) is 0. The maximum Gasteiger partial charge on any atom is 0.416 e. The Balaban J connectivity index is 1.91. The summed E-state index contributed by atoms with van der Waals surface area (Å²) in [4.78, 5) is 11.2. The van der Waals surface area contributed by atoms with Gasteiger partial charge in [0.15, 0.2) is 0 Å². The second kappa shape index (κ2) is 7.74. The maximum atomic E-state index is 12.8. The monoisotopic (exact) mass is 378 g/mol. The largest absolute Gasteiger partial charge is 0.416 e. The third kappa shape index (κ3) is 4.51. The van der Waals surface area contributed by atoms with E-state index < -0.39 is 11.7 Å². The van der Waals surface area contributed by atoms with E-state index in [1.54, 1.807) is 0 Å². The molecule has 1 saturated carbocycles. The van der Waals surface area contributed by atoms with Crippen molar-refractivity contribution in [3.63, 3.8) is 0 Å². The Kier molecular flexibility index (Phi) is 5.58. The number of halogens is 3. The first kappa shape index (κ1) is 19.5. The fourth-order valence-electron chi connectivity index (χ4n) is 3.52. The molecule has 0 unspecified atom stereocenters. The highest BCUT2D eigenvalue weighted by molar-refractivity contribution is 5.48. The third-order valence-electron chi connectivity index (χ3n) is 5.32. The Morgan fingerprint density at radius 3 is 2.22 bits per heavy atom. The molecule has 0 aliphatic heterocycles. The standard InChI is InChI=1S/C20H25F3N4/c1-13-14(2)25-19(26-18(13)24)27(17-6-4-3-5-7-17)12-15-8-10-16(11-9-15)20(21,22)23/h8-11,17H,3-7,12H2,1-2H3,(H2,24,25,26). The molecule has 2 aromatic rings. The van der Waals surface area contributed by atoms with Gasteiger partial charge in [0.2, 0.25) is 5.95 Å². The van der Waals surface area contributed by atoms with Crippen molar-refractivity contribution in [1.29, 1.82) is 0 Å². The average molecular weight is 378 g/mol. The highest BCUT2D eigenvalue weighted by Gasteiger charge is 2.30. The minimum absolute atomic E-state index is 0.266. The molecule has 0 bridgehead atoms. The van der Waals surface area contributed by atoms with E-state index >= 15 is 0 Å². The number of nitrogens with two attached hydrogens (primary N) is 1. The van der Waals surface area contributed by atoms with Crippen molar-refractivity contribution in [2.45, 2.75) is 64.7 Å². The van der Waals surface area contributed by atoms with Gasteiger partial charge in [0.25, 0.3) is 0 Å². The van der Waals surface area contributed by atoms with Crippen LogP contribution >= 0.6 is 0 Å². The predicted molar refractivity (Wildman–Crippen MR) is 100 cm³/mol. The van der Waals surface area contributed by atoms with Gasteiger partial charge in [-0.05, 0) is 44.4 Å². The lowest BCUT2D eigenvalue weighted by Crippen LogP contribution is -2.38. The van der Waals surface area contributed by atoms with Crippen molar-refractivity contribution in [1.82, 2.24) is 9.97 Å². The van der Waals surface area contributed by atoms with Crippen molar-refractivity contribution in [2.75, 3.05) is 10.6 Å². The molecule has 0 saturated heterocycles. The van der Waals surface area contributed by atoms with Gasteiger partial charge in [-0.3, -0.25) is 0 Å². The van der Waals surface area contributed by atoms with Crippen molar-refractivity contribution in [3.05, 3.63) is 46.6 Å². The summed E-state index contributed by atoms with van der Waals surface area (Å²) in [7, 11) is 0. The molecular formula is C20H25F3N4. The quantitative estimate of drug-likeness (QED) is 0.810. The van der Waals surface area contributed by atoms with Gasteiger partial charge in [-0.15, -0.1) is 0 Å². The molecule has 1 aliphatic carbocycles. The van der Waals surface area contributed by atoms with Crippen molar-refractivity contribution < 1.29 is 13.2 Å². The predicted octanol–water partition coefficient (Wildman–Crippen LogP) is 5.03. The molecule has 0 radical (unpaired) electrons. The van der Waals surface area contributed by atoms with Crippen LogP contribution < -0.4 is 10.6 Å². The summed E-state index contributed by atoms with van der Waals surface area (Å²) in [5.74, 6) is 1.01. The molecule has 4 nitrogen and oxygen atoms in total. The summed E-state index contributed by atoms with van der Waals surface area (Å²) >= 11 is 0. The highest BCUT2D eigenvalue weighted by Crippen LogP contribution is 2.31. The number of alkyl halides is 3. The van der Waals surface area contributed by atoms with Crippen LogP contribution in [0.5, 0.6) is 0 Å². The SMILES string of the molecule is Cc1nc(N(Cc2ccc(C(F)(F)F)cc2)C2CCCCC2)nc(N)c1C. The third-order valence-corrected chi connectivity index (χ3v) is 5.32. The van der Waals surface area contributed by atoms with E-state index in [-0.39, 0.29) is 6.04 Å². The van der Waals surface area contributed by atoms with Crippen LogP contribution in [-0.4, -0.2) is 16.0 Å². The van der Waals surface area contributed by atoms with Crippen LogP contribution in [0.25, 0.3) is 0 Å². The first-order valence-corrected chi connectivity index (χ1v) is 9.29. The Morgan fingerprint density at radius 1 is 1.04 bits per heavy atom. The van der Waals surface area contributed by atoms with E-state index in [9.17, 15) is 13.2 Å². The van der Waals surface area contributed by atoms with Crippen LogP contribution in [-0.2, 0) is 12.7 Å². The summed E-state index contributed by atoms with van der Waals surface area (Å²) < 4.78 is 38.5. The molecule has 146 valence electrons. The lowest BCUT2D eigenvalue weighted by atomic mass is 9.94. The van der Waals surface area contributed by atoms with Crippen LogP contribution in [0, 0.1) is 13.8 Å². The molecule has 3 rings (SSSR count). The zero-order valence-corrected chi connectivity index (χ0v) is 15.7. The Hall–Kier alpha value is -2.31. The number of rotatable bonds is 4. The number of aromatic nitrogens is 2. The fraction of sp³-hybridized carbons (Fsp3) is 0.500. The Morgan fingerprint density at radius 2 is 1.67 bits per heavy atom. The van der Waals surface area contributed by atoms with Crippen LogP contribution in [0.2, 0.25) is 0 Å². The molecule has 0 spiro atoms. The van der Waals surface area contributed by atoms with Gasteiger partial charge in [-0.1, -0.05) is 31.4 Å². The van der Waals surface area contributed by atoms with E-state index in [4.69, 9.17) is 5.73 Å². The van der Waals surface area contributed by atoms with E-state index in [0.29, 0.717) is 18.3 Å². The van der Waals surface area contributed by atoms with Crippen molar-refractivity contribution >= 4 is 11.8 Å². The van der Waals surface area contributed by atoms with Gasteiger partial charge in [0.05, 0.1) is 5.56 Å². The summed E-state index contributed by atoms with van der Waals surface area (Å²) in [6, 6.07) is 5.59. The normalized spacial score (nSPS) is 15.7. The van der Waals surface area contributed by atoms with Crippen LogP contribution in [0.1, 0.15) is 54.5 Å². The van der Waals surface area contributed by atoms with Gasteiger partial charge in [0.1, 0.15) is 5.82 Å². The number of nitrogens with zero attached hydrogens (tertiary/aromatic N) is 3. The van der Waals surface area contributed by atoms with Gasteiger partial charge in [0, 0.05) is 23.8 Å². The minimum Gasteiger partial charge on any atom is -0.383 e. The zero-order valence-electron chi connectivity index (χ0n) is 15.7. The number of anilines is 2. The topological polar surface area (TPSA) is 55.0 Å². The Labute approximate surface area is 157 Å². The molecule has 1 aliphatic rings. The molecule has 1 aromatic carbocycles. The number of hydrogen-bond donors (Lipinski definition) is 1. The zero-order chi connectivity index (χ0) is 19.6. The van der Waals surface area contributed by atoms with E-state index in [2.05, 4.69) is 14.9 Å². The lowest BCUT2D eigenvalue weighted by molar-refractivity contribution is -0.137. The fourth-order valence-corrected chi connectivity index (χ4v) is 3.52. The molecule has 0 atom stereocenters. The maximum absolute atomic E-state index is 12.8. The molecule has 2 N–H and O–H groups in total. The van der Waals surface area contributed by atoms with Gasteiger partial charge >= 0.3 is 6.18 Å². The lowest BCUT2D eigenvalue weighted by Gasteiger charge is -2.35. The second-order valence-electron chi connectivity index (χ2n) is 7.23. The van der Waals surface area contributed by atoms with E-state index in [1.807, 2.05) is 13.8 Å². The summed E-state index contributed by atoms with van der Waals surface area (Å²) in [6.07, 6.45) is 1.20. The first-order chi connectivity index (χ1) is 12.8. The summed E-state index contributed by atoms with van der Waals surface area (Å²) in [5.41, 5.74) is 7.89. The molecule has 1 aromatic heterocycles. The van der Waals surface area contributed by atoms with E-state index in [1.165, 1.54) is 18.6 Å². The summed E-state index contributed by atoms with van der Waals surface area (Å²) in [6.45, 7) is 4.24. The van der Waals surface area contributed by atoms with Gasteiger partial charge < -0.3 is 10.6 Å². The smallest absolute Gasteiger partial charge is 0.383 e. The molecule has 27 heavy (non-hydrogen) atoms. The highest BCUT2D eigenvalue weighted by atomic mass is 19.4. The minimum atomic E-state index is -4.33.